The van der Waals surface area contributed by atoms with Crippen LogP contribution in [0.15, 0.2) is 48.5 Å². The largest absolute Gasteiger partial charge is 0.378 e. The molecule has 1 heterocycles. The van der Waals surface area contributed by atoms with E-state index in [9.17, 15) is 4.79 Å². The summed E-state index contributed by atoms with van der Waals surface area (Å²) in [5.74, 6) is 2.84. The Morgan fingerprint density at radius 3 is 2.63 bits per heavy atom. The lowest BCUT2D eigenvalue weighted by atomic mass is 9.68. The molecule has 140 valence electrons. The number of hydrogen-bond acceptors (Lipinski definition) is 2. The first-order valence-corrected chi connectivity index (χ1v) is 10.4. The van der Waals surface area contributed by atoms with E-state index in [2.05, 4.69) is 53.1 Å². The molecule has 3 aliphatic rings. The van der Waals surface area contributed by atoms with Gasteiger partial charge in [0.05, 0.1) is 6.04 Å². The fourth-order valence-corrected chi connectivity index (χ4v) is 5.96. The Kier molecular flexibility index (Phi) is 3.99. The van der Waals surface area contributed by atoms with E-state index in [4.69, 9.17) is 0 Å². The lowest BCUT2D eigenvalue weighted by Crippen LogP contribution is -2.36. The summed E-state index contributed by atoms with van der Waals surface area (Å²) in [4.78, 5) is 12.5. The van der Waals surface area contributed by atoms with Gasteiger partial charge in [-0.25, -0.2) is 0 Å². The van der Waals surface area contributed by atoms with Crippen molar-refractivity contribution in [2.24, 2.45) is 17.8 Å². The molecule has 2 fully saturated rings. The summed E-state index contributed by atoms with van der Waals surface area (Å²) in [5, 5.41) is 6.88. The van der Waals surface area contributed by atoms with Crippen LogP contribution in [0.3, 0.4) is 0 Å². The van der Waals surface area contributed by atoms with Crippen molar-refractivity contribution in [3.05, 3.63) is 65.2 Å². The fourth-order valence-electron chi connectivity index (χ4n) is 5.96. The van der Waals surface area contributed by atoms with Crippen LogP contribution in [0.2, 0.25) is 0 Å². The third-order valence-corrected chi connectivity index (χ3v) is 6.93. The summed E-state index contributed by atoms with van der Waals surface area (Å²) in [5.41, 5.74) is 4.78. The van der Waals surface area contributed by atoms with E-state index in [1.807, 2.05) is 19.9 Å². The van der Waals surface area contributed by atoms with Crippen molar-refractivity contribution in [2.45, 2.75) is 51.1 Å². The lowest BCUT2D eigenvalue weighted by Gasteiger charge is -2.43. The molecule has 3 heteroatoms. The normalized spacial score (nSPS) is 30.6. The van der Waals surface area contributed by atoms with Crippen LogP contribution in [-0.2, 0) is 0 Å². The maximum absolute atomic E-state index is 12.5. The number of carbonyl (C=O) groups excluding carboxylic acids is 1. The molecule has 2 saturated carbocycles. The monoisotopic (exact) mass is 360 g/mol. The molecule has 2 aromatic carbocycles. The maximum Gasteiger partial charge on any atom is 0.251 e. The van der Waals surface area contributed by atoms with Crippen molar-refractivity contribution >= 4 is 11.6 Å². The summed E-state index contributed by atoms with van der Waals surface area (Å²) < 4.78 is 0. The van der Waals surface area contributed by atoms with Gasteiger partial charge in [-0.05, 0) is 86.1 Å². The third kappa shape index (κ3) is 2.75. The Hall–Kier alpha value is -2.29. The number of fused-ring (bicyclic) bond motifs is 7. The minimum Gasteiger partial charge on any atom is -0.378 e. The molecule has 27 heavy (non-hydrogen) atoms. The zero-order valence-electron chi connectivity index (χ0n) is 16.1. The van der Waals surface area contributed by atoms with Crippen LogP contribution >= 0.6 is 0 Å². The van der Waals surface area contributed by atoms with Gasteiger partial charge in [-0.2, -0.15) is 0 Å². The zero-order valence-corrected chi connectivity index (χ0v) is 16.1. The Labute approximate surface area is 161 Å². The average Bonchev–Trinajstić information content (AvgIpc) is 3.29. The molecule has 0 aromatic heterocycles. The highest BCUT2D eigenvalue weighted by Gasteiger charge is 2.53. The topological polar surface area (TPSA) is 41.1 Å². The number of benzene rings is 2. The number of rotatable bonds is 3. The van der Waals surface area contributed by atoms with Crippen molar-refractivity contribution < 1.29 is 4.79 Å². The zero-order chi connectivity index (χ0) is 18.5. The van der Waals surface area contributed by atoms with E-state index in [1.165, 1.54) is 36.1 Å². The van der Waals surface area contributed by atoms with Crippen molar-refractivity contribution in [1.29, 1.82) is 0 Å². The van der Waals surface area contributed by atoms with Gasteiger partial charge in [-0.1, -0.05) is 30.3 Å². The van der Waals surface area contributed by atoms with Crippen molar-refractivity contribution in [1.82, 2.24) is 5.32 Å². The van der Waals surface area contributed by atoms with Gasteiger partial charge < -0.3 is 10.6 Å². The molecule has 1 amide bonds. The van der Waals surface area contributed by atoms with Gasteiger partial charge >= 0.3 is 0 Å². The Balaban J connectivity index is 1.55. The molecule has 5 atom stereocenters. The summed E-state index contributed by atoms with van der Waals surface area (Å²) in [6.07, 6.45) is 4.05. The van der Waals surface area contributed by atoms with Gasteiger partial charge in [0.2, 0.25) is 0 Å². The predicted molar refractivity (Wildman–Crippen MR) is 109 cm³/mol. The first-order valence-electron chi connectivity index (χ1n) is 10.4. The van der Waals surface area contributed by atoms with E-state index >= 15 is 0 Å². The standard InChI is InChI=1S/C24H28N2O/c1-14(2)25-24(27)18-10-11-20-19(13-18)21-16-8-9-17(12-16)22(21)23(26-20)15-6-4-3-5-7-15/h3-7,10-11,13-14,16-17,21-23,26H,8-9,12H2,1-2H3,(H,25,27)/t16-,17-,21-,22-,23+/m0/s1. The molecule has 2 aromatic rings. The van der Waals surface area contributed by atoms with E-state index < -0.39 is 0 Å². The molecule has 0 unspecified atom stereocenters. The molecule has 0 spiro atoms. The summed E-state index contributed by atoms with van der Waals surface area (Å²) in [6, 6.07) is 17.7. The van der Waals surface area contributed by atoms with Crippen LogP contribution < -0.4 is 10.6 Å². The first-order chi connectivity index (χ1) is 13.1. The number of hydrogen-bond donors (Lipinski definition) is 2. The van der Waals surface area contributed by atoms with Gasteiger partial charge in [0.15, 0.2) is 0 Å². The molecular weight excluding hydrogens is 332 g/mol. The second-order valence-corrected chi connectivity index (χ2v) is 8.90. The Morgan fingerprint density at radius 2 is 1.85 bits per heavy atom. The van der Waals surface area contributed by atoms with Crippen molar-refractivity contribution in [2.75, 3.05) is 5.32 Å². The van der Waals surface area contributed by atoms with Gasteiger partial charge in [0.1, 0.15) is 0 Å². The number of carbonyl (C=O) groups is 1. The Morgan fingerprint density at radius 1 is 1.07 bits per heavy atom. The summed E-state index contributed by atoms with van der Waals surface area (Å²) in [7, 11) is 0. The van der Waals surface area contributed by atoms with Crippen molar-refractivity contribution in [3.8, 4) is 0 Å². The summed E-state index contributed by atoms with van der Waals surface area (Å²) in [6.45, 7) is 4.02. The van der Waals surface area contributed by atoms with Crippen LogP contribution in [0.4, 0.5) is 5.69 Å². The minimum atomic E-state index is 0.0395. The van der Waals surface area contributed by atoms with E-state index in [0.29, 0.717) is 17.9 Å². The highest BCUT2D eigenvalue weighted by molar-refractivity contribution is 5.95. The lowest BCUT2D eigenvalue weighted by molar-refractivity contribution is 0.0943. The fraction of sp³-hybridized carbons (Fsp3) is 0.458. The molecule has 2 bridgehead atoms. The van der Waals surface area contributed by atoms with Gasteiger partial charge in [0, 0.05) is 17.3 Å². The van der Waals surface area contributed by atoms with E-state index in [0.717, 1.165) is 17.4 Å². The molecule has 3 nitrogen and oxygen atoms in total. The van der Waals surface area contributed by atoms with Gasteiger partial charge in [-0.3, -0.25) is 4.79 Å². The highest BCUT2D eigenvalue weighted by atomic mass is 16.1. The summed E-state index contributed by atoms with van der Waals surface area (Å²) >= 11 is 0. The Bertz CT molecular complexity index is 860. The van der Waals surface area contributed by atoms with E-state index in [1.54, 1.807) is 0 Å². The molecule has 0 saturated heterocycles. The quantitative estimate of drug-likeness (QED) is 0.797. The van der Waals surface area contributed by atoms with Gasteiger partial charge in [-0.15, -0.1) is 0 Å². The first kappa shape index (κ1) is 16.9. The molecule has 1 aliphatic heterocycles. The van der Waals surface area contributed by atoms with Crippen molar-refractivity contribution in [3.63, 3.8) is 0 Å². The third-order valence-electron chi connectivity index (χ3n) is 6.93. The number of amides is 1. The minimum absolute atomic E-state index is 0.0395. The second kappa shape index (κ2) is 6.40. The van der Waals surface area contributed by atoms with Gasteiger partial charge in [0.25, 0.3) is 5.91 Å². The molecule has 0 radical (unpaired) electrons. The molecule has 5 rings (SSSR count). The average molecular weight is 361 g/mol. The molecule has 2 N–H and O–H groups in total. The van der Waals surface area contributed by atoms with Crippen LogP contribution in [0.1, 0.15) is 66.6 Å². The second-order valence-electron chi connectivity index (χ2n) is 8.90. The number of anilines is 1. The SMILES string of the molecule is CC(C)NC(=O)c1ccc2c(c1)[C@@H]1[C@H]3CC[C@@H](C3)[C@@H]1[C@@H](c1ccccc1)N2. The van der Waals surface area contributed by atoms with Crippen LogP contribution in [-0.4, -0.2) is 11.9 Å². The maximum atomic E-state index is 12.5. The smallest absolute Gasteiger partial charge is 0.251 e. The van der Waals surface area contributed by atoms with Crippen LogP contribution in [0, 0.1) is 17.8 Å². The van der Waals surface area contributed by atoms with E-state index in [-0.39, 0.29) is 11.9 Å². The van der Waals surface area contributed by atoms with Crippen LogP contribution in [0.5, 0.6) is 0 Å². The van der Waals surface area contributed by atoms with Crippen LogP contribution in [0.25, 0.3) is 0 Å². The number of nitrogens with one attached hydrogen (secondary N) is 2. The molecule has 2 aliphatic carbocycles. The molecular formula is C24H28N2O. The highest BCUT2D eigenvalue weighted by Crippen LogP contribution is 2.63. The predicted octanol–water partition coefficient (Wildman–Crippen LogP) is 5.12.